The molecule has 1 amide bonds. The second kappa shape index (κ2) is 5.50. The van der Waals surface area contributed by atoms with Gasteiger partial charge in [-0.1, -0.05) is 0 Å². The summed E-state index contributed by atoms with van der Waals surface area (Å²) in [5.41, 5.74) is 1.80. The summed E-state index contributed by atoms with van der Waals surface area (Å²) in [4.78, 5) is 10.7. The van der Waals surface area contributed by atoms with Gasteiger partial charge in [-0.25, -0.2) is 0 Å². The molecular formula is C10H13ClN2O. The number of hydrogen-bond acceptors (Lipinski definition) is 2. The zero-order chi connectivity index (χ0) is 10.4. The molecule has 0 fully saturated rings. The van der Waals surface area contributed by atoms with Crippen LogP contribution in [-0.2, 0) is 4.79 Å². The van der Waals surface area contributed by atoms with E-state index in [2.05, 4.69) is 10.6 Å². The maximum Gasteiger partial charge on any atom is 0.221 e. The molecular weight excluding hydrogens is 200 g/mol. The van der Waals surface area contributed by atoms with Gasteiger partial charge in [0.15, 0.2) is 0 Å². The molecule has 0 unspecified atom stereocenters. The second-order valence-electron chi connectivity index (χ2n) is 2.87. The molecule has 0 aliphatic carbocycles. The molecule has 0 bridgehead atoms. The quantitative estimate of drug-likeness (QED) is 0.752. The van der Waals surface area contributed by atoms with E-state index in [4.69, 9.17) is 11.6 Å². The van der Waals surface area contributed by atoms with Crippen molar-refractivity contribution in [3.63, 3.8) is 0 Å². The first-order chi connectivity index (χ1) is 6.72. The minimum Gasteiger partial charge on any atom is -0.384 e. The van der Waals surface area contributed by atoms with Crippen molar-refractivity contribution in [2.24, 2.45) is 0 Å². The van der Waals surface area contributed by atoms with Gasteiger partial charge in [0.05, 0.1) is 0 Å². The number of carbonyl (C=O) groups is 1. The zero-order valence-corrected chi connectivity index (χ0v) is 8.77. The van der Waals surface area contributed by atoms with Gasteiger partial charge in [0.2, 0.25) is 5.91 Å². The molecule has 0 saturated heterocycles. The largest absolute Gasteiger partial charge is 0.384 e. The van der Waals surface area contributed by atoms with E-state index in [1.807, 2.05) is 24.3 Å². The third kappa shape index (κ3) is 3.66. The Balaban J connectivity index is 2.54. The zero-order valence-electron chi connectivity index (χ0n) is 8.01. The van der Waals surface area contributed by atoms with E-state index in [-0.39, 0.29) is 5.91 Å². The first kappa shape index (κ1) is 10.9. The van der Waals surface area contributed by atoms with Crippen molar-refractivity contribution in [1.29, 1.82) is 0 Å². The van der Waals surface area contributed by atoms with E-state index in [1.54, 1.807) is 0 Å². The predicted octanol–water partition coefficient (Wildman–Crippen LogP) is 2.30. The summed E-state index contributed by atoms with van der Waals surface area (Å²) in [7, 11) is 0. The topological polar surface area (TPSA) is 41.1 Å². The highest BCUT2D eigenvalue weighted by molar-refractivity contribution is 6.18. The molecule has 4 heteroatoms. The number of alkyl halides is 1. The van der Waals surface area contributed by atoms with Crippen molar-refractivity contribution >= 4 is 28.9 Å². The van der Waals surface area contributed by atoms with E-state index in [9.17, 15) is 4.79 Å². The molecule has 0 spiro atoms. The molecule has 2 N–H and O–H groups in total. The Morgan fingerprint density at radius 2 is 1.86 bits per heavy atom. The van der Waals surface area contributed by atoms with Crippen LogP contribution in [-0.4, -0.2) is 18.3 Å². The van der Waals surface area contributed by atoms with Crippen LogP contribution in [0.4, 0.5) is 11.4 Å². The van der Waals surface area contributed by atoms with Gasteiger partial charge >= 0.3 is 0 Å². The molecule has 14 heavy (non-hydrogen) atoms. The van der Waals surface area contributed by atoms with E-state index < -0.39 is 0 Å². The van der Waals surface area contributed by atoms with Crippen LogP contribution in [0.5, 0.6) is 0 Å². The smallest absolute Gasteiger partial charge is 0.221 e. The van der Waals surface area contributed by atoms with Crippen molar-refractivity contribution in [3.8, 4) is 0 Å². The van der Waals surface area contributed by atoms with Crippen LogP contribution in [0.15, 0.2) is 24.3 Å². The normalized spacial score (nSPS) is 9.57. The van der Waals surface area contributed by atoms with Crippen molar-refractivity contribution in [2.75, 3.05) is 23.1 Å². The van der Waals surface area contributed by atoms with Crippen LogP contribution in [0.2, 0.25) is 0 Å². The summed E-state index contributed by atoms with van der Waals surface area (Å²) >= 11 is 5.53. The molecule has 1 aromatic carbocycles. The highest BCUT2D eigenvalue weighted by Gasteiger charge is 1.95. The van der Waals surface area contributed by atoms with Crippen LogP contribution in [0.1, 0.15) is 6.92 Å². The molecule has 0 heterocycles. The van der Waals surface area contributed by atoms with Crippen LogP contribution in [0, 0.1) is 0 Å². The van der Waals surface area contributed by atoms with E-state index in [0.29, 0.717) is 5.88 Å². The standard InChI is InChI=1S/C10H13ClN2O/c1-8(14)13-10-4-2-9(3-5-10)12-7-6-11/h2-5,12H,6-7H2,1H3,(H,13,14). The molecule has 0 radical (unpaired) electrons. The highest BCUT2D eigenvalue weighted by Crippen LogP contribution is 2.12. The minimum atomic E-state index is -0.0635. The molecule has 0 aromatic heterocycles. The van der Waals surface area contributed by atoms with Gasteiger partial charge in [0.25, 0.3) is 0 Å². The Bertz CT molecular complexity index is 297. The Labute approximate surface area is 88.5 Å². The van der Waals surface area contributed by atoms with Gasteiger partial charge in [-0.05, 0) is 24.3 Å². The summed E-state index contributed by atoms with van der Waals surface area (Å²) in [6, 6.07) is 7.49. The average Bonchev–Trinajstić information content (AvgIpc) is 2.16. The molecule has 0 atom stereocenters. The first-order valence-electron chi connectivity index (χ1n) is 4.40. The van der Waals surface area contributed by atoms with E-state index in [1.165, 1.54) is 6.92 Å². The lowest BCUT2D eigenvalue weighted by molar-refractivity contribution is -0.114. The molecule has 1 aromatic rings. The van der Waals surface area contributed by atoms with Gasteiger partial charge in [-0.3, -0.25) is 4.79 Å². The lowest BCUT2D eigenvalue weighted by Gasteiger charge is -2.05. The number of anilines is 2. The average molecular weight is 213 g/mol. The molecule has 0 saturated carbocycles. The summed E-state index contributed by atoms with van der Waals surface area (Å²) in [6.07, 6.45) is 0. The predicted molar refractivity (Wildman–Crippen MR) is 60.0 cm³/mol. The van der Waals surface area contributed by atoms with Crippen LogP contribution >= 0.6 is 11.6 Å². The summed E-state index contributed by atoms with van der Waals surface area (Å²) < 4.78 is 0. The molecule has 0 aliphatic rings. The summed E-state index contributed by atoms with van der Waals surface area (Å²) in [5, 5.41) is 5.83. The second-order valence-corrected chi connectivity index (χ2v) is 3.25. The van der Waals surface area contributed by atoms with Gasteiger partial charge in [-0.2, -0.15) is 0 Å². The SMILES string of the molecule is CC(=O)Nc1ccc(NCCCl)cc1. The lowest BCUT2D eigenvalue weighted by Crippen LogP contribution is -2.06. The lowest BCUT2D eigenvalue weighted by atomic mass is 10.3. The Hall–Kier alpha value is -1.22. The third-order valence-corrected chi connectivity index (χ3v) is 1.82. The molecule has 3 nitrogen and oxygen atoms in total. The van der Waals surface area contributed by atoms with Crippen molar-refractivity contribution < 1.29 is 4.79 Å². The van der Waals surface area contributed by atoms with Gasteiger partial charge in [0, 0.05) is 30.7 Å². The summed E-state index contributed by atoms with van der Waals surface area (Å²) in [5.74, 6) is 0.513. The molecule has 1 rings (SSSR count). The van der Waals surface area contributed by atoms with Gasteiger partial charge in [0.1, 0.15) is 0 Å². The number of nitrogens with one attached hydrogen (secondary N) is 2. The fourth-order valence-corrected chi connectivity index (χ4v) is 1.16. The molecule has 0 aliphatic heterocycles. The Morgan fingerprint density at radius 3 is 2.36 bits per heavy atom. The first-order valence-corrected chi connectivity index (χ1v) is 4.93. The minimum absolute atomic E-state index is 0.0635. The van der Waals surface area contributed by atoms with E-state index >= 15 is 0 Å². The van der Waals surface area contributed by atoms with Crippen LogP contribution in [0.3, 0.4) is 0 Å². The van der Waals surface area contributed by atoms with Crippen molar-refractivity contribution in [2.45, 2.75) is 6.92 Å². The number of rotatable bonds is 4. The Morgan fingerprint density at radius 1 is 1.29 bits per heavy atom. The third-order valence-electron chi connectivity index (χ3n) is 1.63. The van der Waals surface area contributed by atoms with Gasteiger partial charge in [-0.15, -0.1) is 11.6 Å². The highest BCUT2D eigenvalue weighted by atomic mass is 35.5. The number of hydrogen-bond donors (Lipinski definition) is 2. The van der Waals surface area contributed by atoms with Crippen LogP contribution < -0.4 is 10.6 Å². The summed E-state index contributed by atoms with van der Waals surface area (Å²) in [6.45, 7) is 2.22. The van der Waals surface area contributed by atoms with Crippen molar-refractivity contribution in [3.05, 3.63) is 24.3 Å². The van der Waals surface area contributed by atoms with E-state index in [0.717, 1.165) is 17.9 Å². The fraction of sp³-hybridized carbons (Fsp3) is 0.300. The monoisotopic (exact) mass is 212 g/mol. The van der Waals surface area contributed by atoms with Gasteiger partial charge < -0.3 is 10.6 Å². The fourth-order valence-electron chi connectivity index (χ4n) is 1.07. The maximum atomic E-state index is 10.7. The number of benzene rings is 1. The Kier molecular flexibility index (Phi) is 4.26. The maximum absolute atomic E-state index is 10.7. The number of amides is 1. The van der Waals surface area contributed by atoms with Crippen LogP contribution in [0.25, 0.3) is 0 Å². The number of carbonyl (C=O) groups excluding carboxylic acids is 1. The van der Waals surface area contributed by atoms with Crippen molar-refractivity contribution in [1.82, 2.24) is 0 Å². The molecule has 76 valence electrons. The number of halogens is 1.